The number of amides is 2. The van der Waals surface area contributed by atoms with Gasteiger partial charge < -0.3 is 15.7 Å². The number of benzene rings is 1. The maximum absolute atomic E-state index is 11.6. The van der Waals surface area contributed by atoms with Crippen LogP contribution in [0.5, 0.6) is 0 Å². The molecule has 6 heteroatoms. The van der Waals surface area contributed by atoms with Crippen LogP contribution in [-0.4, -0.2) is 23.7 Å². The predicted molar refractivity (Wildman–Crippen MR) is 77.7 cm³/mol. The van der Waals surface area contributed by atoms with E-state index < -0.39 is 11.4 Å². The van der Waals surface area contributed by atoms with E-state index in [1.54, 1.807) is 26.0 Å². The Hall–Kier alpha value is -1.75. The second-order valence-corrected chi connectivity index (χ2v) is 5.32. The highest BCUT2D eigenvalue weighted by molar-refractivity contribution is 6.30. The molecule has 1 aromatic carbocycles. The van der Waals surface area contributed by atoms with Crippen molar-refractivity contribution < 1.29 is 14.7 Å². The maximum atomic E-state index is 11.6. The highest BCUT2D eigenvalue weighted by atomic mass is 35.5. The zero-order chi connectivity index (χ0) is 15.2. The second kappa shape index (κ2) is 7.14. The molecule has 0 spiro atoms. The molecule has 110 valence electrons. The summed E-state index contributed by atoms with van der Waals surface area (Å²) in [5.74, 6) is -0.919. The molecule has 0 bridgehead atoms. The Morgan fingerprint density at radius 3 is 2.35 bits per heavy atom. The van der Waals surface area contributed by atoms with Crippen molar-refractivity contribution >= 4 is 23.6 Å². The van der Waals surface area contributed by atoms with Crippen molar-refractivity contribution in [3.8, 4) is 0 Å². The number of carbonyl (C=O) groups excluding carboxylic acids is 1. The van der Waals surface area contributed by atoms with Crippen LogP contribution in [-0.2, 0) is 11.3 Å². The Balaban J connectivity index is 2.41. The van der Waals surface area contributed by atoms with Crippen LogP contribution in [0.15, 0.2) is 24.3 Å². The van der Waals surface area contributed by atoms with Gasteiger partial charge in [-0.1, -0.05) is 30.7 Å². The van der Waals surface area contributed by atoms with Crippen LogP contribution in [0.25, 0.3) is 0 Å². The molecular weight excluding hydrogens is 280 g/mol. The zero-order valence-electron chi connectivity index (χ0n) is 11.6. The quantitative estimate of drug-likeness (QED) is 0.755. The lowest BCUT2D eigenvalue weighted by Crippen LogP contribution is -2.44. The van der Waals surface area contributed by atoms with Gasteiger partial charge in [0.25, 0.3) is 0 Å². The number of rotatable bonds is 6. The number of carbonyl (C=O) groups is 2. The van der Waals surface area contributed by atoms with E-state index in [2.05, 4.69) is 10.6 Å². The predicted octanol–water partition coefficient (Wildman–Crippen LogP) is 2.64. The molecule has 3 N–H and O–H groups in total. The highest BCUT2D eigenvalue weighted by Gasteiger charge is 2.31. The molecule has 1 atom stereocenters. The summed E-state index contributed by atoms with van der Waals surface area (Å²) in [6, 6.07) is 6.73. The first-order valence-corrected chi connectivity index (χ1v) is 6.75. The number of halogens is 1. The summed E-state index contributed by atoms with van der Waals surface area (Å²) in [5.41, 5.74) is -0.0292. The summed E-state index contributed by atoms with van der Waals surface area (Å²) in [6.45, 7) is 3.83. The van der Waals surface area contributed by atoms with E-state index in [9.17, 15) is 9.59 Å². The smallest absolute Gasteiger partial charge is 0.315 e. The van der Waals surface area contributed by atoms with Crippen LogP contribution < -0.4 is 10.6 Å². The summed E-state index contributed by atoms with van der Waals surface area (Å²) in [4.78, 5) is 22.7. The summed E-state index contributed by atoms with van der Waals surface area (Å²) < 4.78 is 0. The van der Waals surface area contributed by atoms with Crippen molar-refractivity contribution in [2.24, 2.45) is 5.41 Å². The first-order chi connectivity index (χ1) is 9.37. The molecule has 0 radical (unpaired) electrons. The number of aliphatic carboxylic acids is 1. The maximum Gasteiger partial charge on any atom is 0.315 e. The van der Waals surface area contributed by atoms with Crippen molar-refractivity contribution in [1.29, 1.82) is 0 Å². The van der Waals surface area contributed by atoms with E-state index in [4.69, 9.17) is 16.7 Å². The number of urea groups is 1. The minimum absolute atomic E-state index is 0.0886. The largest absolute Gasteiger partial charge is 0.481 e. The SMILES string of the molecule is CCC(C)(CNC(=O)NCc1ccc(Cl)cc1)C(=O)O. The second-order valence-electron chi connectivity index (χ2n) is 4.88. The van der Waals surface area contributed by atoms with E-state index >= 15 is 0 Å². The first-order valence-electron chi connectivity index (χ1n) is 6.37. The van der Waals surface area contributed by atoms with Gasteiger partial charge in [0.2, 0.25) is 0 Å². The lowest BCUT2D eigenvalue weighted by molar-refractivity contribution is -0.147. The van der Waals surface area contributed by atoms with Crippen LogP contribution in [0.4, 0.5) is 4.79 Å². The van der Waals surface area contributed by atoms with Crippen molar-refractivity contribution in [3.05, 3.63) is 34.9 Å². The van der Waals surface area contributed by atoms with Crippen LogP contribution in [0.2, 0.25) is 5.02 Å². The van der Waals surface area contributed by atoms with Crippen molar-refractivity contribution in [1.82, 2.24) is 10.6 Å². The standard InChI is InChI=1S/C14H19ClN2O3/c1-3-14(2,12(18)19)9-17-13(20)16-8-10-4-6-11(15)7-5-10/h4-7H,3,8-9H2,1-2H3,(H,18,19)(H2,16,17,20). The summed E-state index contributed by atoms with van der Waals surface area (Å²) in [6.07, 6.45) is 0.444. The van der Waals surface area contributed by atoms with Gasteiger partial charge in [0, 0.05) is 18.1 Å². The molecule has 5 nitrogen and oxygen atoms in total. The van der Waals surface area contributed by atoms with E-state index in [0.717, 1.165) is 5.56 Å². The monoisotopic (exact) mass is 298 g/mol. The minimum atomic E-state index is -0.947. The van der Waals surface area contributed by atoms with Crippen LogP contribution in [0.1, 0.15) is 25.8 Å². The zero-order valence-corrected chi connectivity index (χ0v) is 12.3. The topological polar surface area (TPSA) is 78.4 Å². The lowest BCUT2D eigenvalue weighted by atomic mass is 9.88. The van der Waals surface area contributed by atoms with Gasteiger partial charge in [-0.05, 0) is 31.0 Å². The molecule has 0 aliphatic carbocycles. The first kappa shape index (κ1) is 16.3. The fourth-order valence-corrected chi connectivity index (χ4v) is 1.60. The normalized spacial score (nSPS) is 13.3. The number of carboxylic acid groups (broad SMARTS) is 1. The number of nitrogens with one attached hydrogen (secondary N) is 2. The average Bonchev–Trinajstić information content (AvgIpc) is 2.43. The van der Waals surface area contributed by atoms with Crippen molar-refractivity contribution in [2.45, 2.75) is 26.8 Å². The molecule has 20 heavy (non-hydrogen) atoms. The van der Waals surface area contributed by atoms with Crippen molar-refractivity contribution in [3.63, 3.8) is 0 Å². The molecule has 1 aromatic rings. The Morgan fingerprint density at radius 2 is 1.85 bits per heavy atom. The molecule has 0 aliphatic heterocycles. The summed E-state index contributed by atoms with van der Waals surface area (Å²) in [5, 5.41) is 15.0. The van der Waals surface area contributed by atoms with E-state index in [-0.39, 0.29) is 12.6 Å². The van der Waals surface area contributed by atoms with Gasteiger partial charge in [0.05, 0.1) is 5.41 Å². The van der Waals surface area contributed by atoms with Gasteiger partial charge >= 0.3 is 12.0 Å². The molecule has 0 saturated carbocycles. The molecule has 1 unspecified atom stereocenters. The van der Waals surface area contributed by atoms with Gasteiger partial charge in [-0.3, -0.25) is 4.79 Å². The van der Waals surface area contributed by atoms with Gasteiger partial charge in [0.1, 0.15) is 0 Å². The molecule has 0 aromatic heterocycles. The lowest BCUT2D eigenvalue weighted by Gasteiger charge is -2.23. The average molecular weight is 299 g/mol. The van der Waals surface area contributed by atoms with E-state index in [1.807, 2.05) is 12.1 Å². The molecule has 0 heterocycles. The number of hydrogen-bond acceptors (Lipinski definition) is 2. The van der Waals surface area contributed by atoms with Gasteiger partial charge in [-0.25, -0.2) is 4.79 Å². The number of hydrogen-bond donors (Lipinski definition) is 3. The third-order valence-corrected chi connectivity index (χ3v) is 3.55. The Bertz CT molecular complexity index is 476. The van der Waals surface area contributed by atoms with E-state index in [1.165, 1.54) is 0 Å². The Labute approximate surface area is 123 Å². The molecule has 1 rings (SSSR count). The fourth-order valence-electron chi connectivity index (χ4n) is 1.47. The molecule has 0 fully saturated rings. The van der Waals surface area contributed by atoms with Crippen LogP contribution in [0, 0.1) is 5.41 Å². The van der Waals surface area contributed by atoms with Gasteiger partial charge in [-0.2, -0.15) is 0 Å². The molecule has 2 amide bonds. The molecule has 0 saturated heterocycles. The summed E-state index contributed by atoms with van der Waals surface area (Å²) in [7, 11) is 0. The highest BCUT2D eigenvalue weighted by Crippen LogP contribution is 2.19. The molecular formula is C14H19ClN2O3. The van der Waals surface area contributed by atoms with Crippen LogP contribution >= 0.6 is 11.6 Å². The third kappa shape index (κ3) is 4.74. The van der Waals surface area contributed by atoms with E-state index in [0.29, 0.717) is 18.0 Å². The van der Waals surface area contributed by atoms with Gasteiger partial charge in [0.15, 0.2) is 0 Å². The van der Waals surface area contributed by atoms with Gasteiger partial charge in [-0.15, -0.1) is 0 Å². The minimum Gasteiger partial charge on any atom is -0.481 e. The number of carboxylic acids is 1. The van der Waals surface area contributed by atoms with Crippen molar-refractivity contribution in [2.75, 3.05) is 6.54 Å². The fraction of sp³-hybridized carbons (Fsp3) is 0.429. The summed E-state index contributed by atoms with van der Waals surface area (Å²) >= 11 is 5.76. The molecule has 0 aliphatic rings. The third-order valence-electron chi connectivity index (χ3n) is 3.30. The Morgan fingerprint density at radius 1 is 1.25 bits per heavy atom. The van der Waals surface area contributed by atoms with Crippen LogP contribution in [0.3, 0.4) is 0 Å². The Kier molecular flexibility index (Phi) is 5.82.